The molecule has 184 valence electrons. The summed E-state index contributed by atoms with van der Waals surface area (Å²) < 4.78 is 48.2. The van der Waals surface area contributed by atoms with E-state index in [0.717, 1.165) is 24.8 Å². The van der Waals surface area contributed by atoms with Crippen LogP contribution in [-0.2, 0) is 38.3 Å². The summed E-state index contributed by atoms with van der Waals surface area (Å²) in [5.41, 5.74) is 0.332. The van der Waals surface area contributed by atoms with E-state index in [1.807, 2.05) is 6.07 Å². The molecule has 0 saturated carbocycles. The van der Waals surface area contributed by atoms with E-state index < -0.39 is 41.8 Å². The van der Waals surface area contributed by atoms with Gasteiger partial charge in [0.1, 0.15) is 18.7 Å². The van der Waals surface area contributed by atoms with Crippen LogP contribution in [0.25, 0.3) is 0 Å². The lowest BCUT2D eigenvalue weighted by Crippen LogP contribution is -2.54. The summed E-state index contributed by atoms with van der Waals surface area (Å²) in [5, 5.41) is 5.00. The maximum atomic E-state index is 12.9. The molecule has 0 bridgehead atoms. The molecule has 0 aliphatic heterocycles. The lowest BCUT2D eigenvalue weighted by atomic mass is 10.0. The molecule has 0 heterocycles. The van der Waals surface area contributed by atoms with Gasteiger partial charge in [0.25, 0.3) is 0 Å². The molecule has 0 fully saturated rings. The van der Waals surface area contributed by atoms with Gasteiger partial charge < -0.3 is 20.1 Å². The van der Waals surface area contributed by atoms with Crippen LogP contribution in [0.1, 0.15) is 30.5 Å². The minimum absolute atomic E-state index is 0.0117. The maximum absolute atomic E-state index is 12.9. The number of benzene rings is 2. The van der Waals surface area contributed by atoms with Gasteiger partial charge in [-0.2, -0.15) is 13.2 Å². The number of carbonyl (C=O) groups is 3. The Labute approximate surface area is 195 Å². The second-order valence-corrected chi connectivity index (χ2v) is 7.91. The summed E-state index contributed by atoms with van der Waals surface area (Å²) in [6.07, 6.45) is -5.39. The van der Waals surface area contributed by atoms with Crippen molar-refractivity contribution in [3.63, 3.8) is 0 Å². The van der Waals surface area contributed by atoms with Crippen LogP contribution in [-0.4, -0.2) is 37.2 Å². The van der Waals surface area contributed by atoms with E-state index in [-0.39, 0.29) is 18.9 Å². The first kappa shape index (κ1) is 26.7. The van der Waals surface area contributed by atoms with E-state index in [9.17, 15) is 27.6 Å². The monoisotopic (exact) mass is 480 g/mol. The van der Waals surface area contributed by atoms with E-state index >= 15 is 0 Å². The molecule has 10 heteroatoms. The van der Waals surface area contributed by atoms with E-state index in [1.54, 1.807) is 38.1 Å². The first-order valence-corrected chi connectivity index (χ1v) is 10.5. The SMILES string of the molecule is COC(=O)[C@@H](Cc1ccc(C(F)(F)F)cc1)NC(=O)[C@H](NC(=O)OCc1ccccc1)C(C)C. The Hall–Kier alpha value is -3.56. The summed E-state index contributed by atoms with van der Waals surface area (Å²) in [6.45, 7) is 3.41. The van der Waals surface area contributed by atoms with Crippen molar-refractivity contribution in [2.24, 2.45) is 5.92 Å². The van der Waals surface area contributed by atoms with E-state index in [4.69, 9.17) is 9.47 Å². The third-order valence-corrected chi connectivity index (χ3v) is 4.96. The number of alkyl carbamates (subject to hydrolysis) is 1. The maximum Gasteiger partial charge on any atom is 0.416 e. The minimum atomic E-state index is -4.49. The summed E-state index contributed by atoms with van der Waals surface area (Å²) >= 11 is 0. The molecule has 2 amide bonds. The number of nitrogens with one attached hydrogen (secondary N) is 2. The van der Waals surface area contributed by atoms with Crippen LogP contribution < -0.4 is 10.6 Å². The number of hydrogen-bond acceptors (Lipinski definition) is 5. The van der Waals surface area contributed by atoms with Gasteiger partial charge in [0.15, 0.2) is 0 Å². The number of rotatable bonds is 9. The molecule has 7 nitrogen and oxygen atoms in total. The second-order valence-electron chi connectivity index (χ2n) is 7.91. The van der Waals surface area contributed by atoms with Gasteiger partial charge in [0.2, 0.25) is 5.91 Å². The minimum Gasteiger partial charge on any atom is -0.467 e. The Kier molecular flexibility index (Phi) is 9.47. The van der Waals surface area contributed by atoms with E-state index in [2.05, 4.69) is 10.6 Å². The largest absolute Gasteiger partial charge is 0.467 e. The fourth-order valence-corrected chi connectivity index (χ4v) is 3.09. The van der Waals surface area contributed by atoms with Crippen LogP contribution in [0.5, 0.6) is 0 Å². The molecule has 0 saturated heterocycles. The fraction of sp³-hybridized carbons (Fsp3) is 0.375. The summed E-state index contributed by atoms with van der Waals surface area (Å²) in [7, 11) is 1.13. The molecule has 2 rings (SSSR count). The Bertz CT molecular complexity index is 963. The molecule has 0 aliphatic rings. The Morgan fingerprint density at radius 3 is 2.06 bits per heavy atom. The van der Waals surface area contributed by atoms with Gasteiger partial charge in [-0.25, -0.2) is 9.59 Å². The first-order valence-electron chi connectivity index (χ1n) is 10.5. The van der Waals surface area contributed by atoms with E-state index in [0.29, 0.717) is 5.56 Å². The van der Waals surface area contributed by atoms with Crippen molar-refractivity contribution in [1.82, 2.24) is 10.6 Å². The summed E-state index contributed by atoms with van der Waals surface area (Å²) in [4.78, 5) is 37.3. The molecule has 0 radical (unpaired) electrons. The number of methoxy groups -OCH3 is 1. The molecule has 0 spiro atoms. The van der Waals surface area contributed by atoms with Gasteiger partial charge in [-0.3, -0.25) is 4.79 Å². The number of hydrogen-bond donors (Lipinski definition) is 2. The molecule has 0 aliphatic carbocycles. The molecule has 2 atom stereocenters. The molecule has 0 aromatic heterocycles. The smallest absolute Gasteiger partial charge is 0.416 e. The number of amides is 2. The highest BCUT2D eigenvalue weighted by atomic mass is 19.4. The van der Waals surface area contributed by atoms with Crippen LogP contribution in [0.3, 0.4) is 0 Å². The van der Waals surface area contributed by atoms with Crippen molar-refractivity contribution < 1.29 is 37.0 Å². The highest BCUT2D eigenvalue weighted by Gasteiger charge is 2.32. The number of carbonyl (C=O) groups excluding carboxylic acids is 3. The van der Waals surface area contributed by atoms with Crippen molar-refractivity contribution in [2.45, 2.75) is 45.1 Å². The van der Waals surface area contributed by atoms with Crippen molar-refractivity contribution >= 4 is 18.0 Å². The highest BCUT2D eigenvalue weighted by molar-refractivity contribution is 5.90. The number of esters is 1. The van der Waals surface area contributed by atoms with Crippen molar-refractivity contribution in [2.75, 3.05) is 7.11 Å². The van der Waals surface area contributed by atoms with Gasteiger partial charge in [-0.1, -0.05) is 56.3 Å². The zero-order valence-electron chi connectivity index (χ0n) is 19.0. The highest BCUT2D eigenvalue weighted by Crippen LogP contribution is 2.29. The fourth-order valence-electron chi connectivity index (χ4n) is 3.09. The summed E-state index contributed by atoms with van der Waals surface area (Å²) in [5.74, 6) is -1.79. The molecule has 2 aromatic carbocycles. The third-order valence-electron chi connectivity index (χ3n) is 4.96. The first-order chi connectivity index (χ1) is 16.0. The predicted octanol–water partition coefficient (Wildman–Crippen LogP) is 3.86. The normalized spacial score (nSPS) is 13.0. The lowest BCUT2D eigenvalue weighted by Gasteiger charge is -2.24. The van der Waals surface area contributed by atoms with Crippen LogP contribution in [0.4, 0.5) is 18.0 Å². The number of ether oxygens (including phenoxy) is 2. The Morgan fingerprint density at radius 2 is 1.53 bits per heavy atom. The van der Waals surface area contributed by atoms with Crippen molar-refractivity contribution in [3.05, 3.63) is 71.3 Å². The zero-order chi connectivity index (χ0) is 25.3. The molecule has 2 aromatic rings. The second kappa shape index (κ2) is 12.1. The lowest BCUT2D eigenvalue weighted by molar-refractivity contribution is -0.145. The topological polar surface area (TPSA) is 93.7 Å². The average molecular weight is 480 g/mol. The van der Waals surface area contributed by atoms with Crippen molar-refractivity contribution in [1.29, 1.82) is 0 Å². The van der Waals surface area contributed by atoms with Crippen LogP contribution in [0.2, 0.25) is 0 Å². The molecular weight excluding hydrogens is 453 g/mol. The summed E-state index contributed by atoms with van der Waals surface area (Å²) in [6, 6.07) is 11.0. The Morgan fingerprint density at radius 1 is 0.912 bits per heavy atom. The quantitative estimate of drug-likeness (QED) is 0.532. The molecule has 0 unspecified atom stereocenters. The predicted molar refractivity (Wildman–Crippen MR) is 117 cm³/mol. The molecule has 2 N–H and O–H groups in total. The van der Waals surface area contributed by atoms with Gasteiger partial charge in [0, 0.05) is 6.42 Å². The van der Waals surface area contributed by atoms with Gasteiger partial charge in [-0.05, 0) is 29.2 Å². The van der Waals surface area contributed by atoms with Crippen molar-refractivity contribution in [3.8, 4) is 0 Å². The third kappa shape index (κ3) is 8.09. The molecular formula is C24H27F3N2O5. The van der Waals surface area contributed by atoms with Crippen LogP contribution in [0, 0.1) is 5.92 Å². The van der Waals surface area contributed by atoms with Gasteiger partial charge >= 0.3 is 18.2 Å². The van der Waals surface area contributed by atoms with Gasteiger partial charge in [0.05, 0.1) is 12.7 Å². The number of halogens is 3. The zero-order valence-corrected chi connectivity index (χ0v) is 19.0. The Balaban J connectivity index is 2.04. The standard InChI is InChI=1S/C24H27F3N2O5/c1-15(2)20(29-23(32)34-14-17-7-5-4-6-8-17)21(30)28-19(22(31)33-3)13-16-9-11-18(12-10-16)24(25,26)27/h4-12,15,19-20H,13-14H2,1-3H3,(H,28,30)(H,29,32)/t19-,20-/m1/s1. The molecule has 34 heavy (non-hydrogen) atoms. The van der Waals surface area contributed by atoms with Crippen LogP contribution in [0.15, 0.2) is 54.6 Å². The van der Waals surface area contributed by atoms with Gasteiger partial charge in [-0.15, -0.1) is 0 Å². The average Bonchev–Trinajstić information content (AvgIpc) is 2.80. The van der Waals surface area contributed by atoms with E-state index in [1.165, 1.54) is 12.1 Å². The van der Waals surface area contributed by atoms with Crippen LogP contribution >= 0.6 is 0 Å². The number of alkyl halides is 3.